The van der Waals surface area contributed by atoms with E-state index in [-0.39, 0.29) is 0 Å². The fraction of sp³-hybridized carbons (Fsp3) is 0.545. The Bertz CT molecular complexity index is 273. The standard InChI is InChI=1S/C11H19N3/c1-9(7-12-3)8-13-11-6-4-5-10(2)14-11/h4-6,9,12H,7-8H2,1-3H3,(H,13,14). The van der Waals surface area contributed by atoms with E-state index in [1.54, 1.807) is 0 Å². The summed E-state index contributed by atoms with van der Waals surface area (Å²) in [5, 5.41) is 6.47. The number of nitrogens with one attached hydrogen (secondary N) is 2. The van der Waals surface area contributed by atoms with E-state index in [4.69, 9.17) is 0 Å². The molecule has 0 fully saturated rings. The number of aryl methyl sites for hydroxylation is 1. The molecule has 1 rings (SSSR count). The van der Waals surface area contributed by atoms with Crippen molar-refractivity contribution in [3.05, 3.63) is 23.9 Å². The van der Waals surface area contributed by atoms with Crippen molar-refractivity contribution in [1.82, 2.24) is 10.3 Å². The minimum Gasteiger partial charge on any atom is -0.370 e. The Morgan fingerprint density at radius 3 is 2.79 bits per heavy atom. The lowest BCUT2D eigenvalue weighted by molar-refractivity contribution is 0.569. The monoisotopic (exact) mass is 193 g/mol. The van der Waals surface area contributed by atoms with Crippen LogP contribution in [0.2, 0.25) is 0 Å². The van der Waals surface area contributed by atoms with Gasteiger partial charge in [-0.15, -0.1) is 0 Å². The molecule has 14 heavy (non-hydrogen) atoms. The van der Waals surface area contributed by atoms with Crippen molar-refractivity contribution >= 4 is 5.82 Å². The van der Waals surface area contributed by atoms with Gasteiger partial charge < -0.3 is 10.6 Å². The summed E-state index contributed by atoms with van der Waals surface area (Å²) in [6.45, 7) is 6.19. The summed E-state index contributed by atoms with van der Waals surface area (Å²) in [6, 6.07) is 6.02. The molecule has 1 aromatic heterocycles. The second kappa shape index (κ2) is 5.60. The number of nitrogens with zero attached hydrogens (tertiary/aromatic N) is 1. The van der Waals surface area contributed by atoms with Crippen molar-refractivity contribution in [2.24, 2.45) is 5.92 Å². The summed E-state index contributed by atoms with van der Waals surface area (Å²) in [6.07, 6.45) is 0. The summed E-state index contributed by atoms with van der Waals surface area (Å²) in [4.78, 5) is 4.37. The van der Waals surface area contributed by atoms with Gasteiger partial charge in [0.05, 0.1) is 0 Å². The van der Waals surface area contributed by atoms with Gasteiger partial charge in [-0.3, -0.25) is 0 Å². The first kappa shape index (κ1) is 11.0. The number of aromatic nitrogens is 1. The van der Waals surface area contributed by atoms with Gasteiger partial charge in [-0.25, -0.2) is 4.98 Å². The topological polar surface area (TPSA) is 37.0 Å². The average molecular weight is 193 g/mol. The third-order valence-corrected chi connectivity index (χ3v) is 2.07. The Balaban J connectivity index is 2.37. The highest BCUT2D eigenvalue weighted by molar-refractivity contribution is 5.34. The zero-order valence-electron chi connectivity index (χ0n) is 9.17. The lowest BCUT2D eigenvalue weighted by Crippen LogP contribution is -2.23. The van der Waals surface area contributed by atoms with E-state index < -0.39 is 0 Å². The molecule has 0 aliphatic carbocycles. The van der Waals surface area contributed by atoms with Crippen molar-refractivity contribution in [2.75, 3.05) is 25.5 Å². The van der Waals surface area contributed by atoms with Crippen LogP contribution in [0.4, 0.5) is 5.82 Å². The molecule has 1 unspecified atom stereocenters. The molecule has 3 heteroatoms. The highest BCUT2D eigenvalue weighted by Crippen LogP contribution is 2.04. The summed E-state index contributed by atoms with van der Waals surface area (Å²) in [5.74, 6) is 1.58. The Kier molecular flexibility index (Phi) is 4.40. The molecule has 78 valence electrons. The zero-order valence-corrected chi connectivity index (χ0v) is 9.17. The number of hydrogen-bond donors (Lipinski definition) is 2. The van der Waals surface area contributed by atoms with Crippen LogP contribution in [0.5, 0.6) is 0 Å². The molecule has 2 N–H and O–H groups in total. The van der Waals surface area contributed by atoms with E-state index in [0.717, 1.165) is 24.6 Å². The van der Waals surface area contributed by atoms with E-state index in [9.17, 15) is 0 Å². The number of pyridine rings is 1. The largest absolute Gasteiger partial charge is 0.370 e. The van der Waals surface area contributed by atoms with Crippen molar-refractivity contribution < 1.29 is 0 Å². The quantitative estimate of drug-likeness (QED) is 0.746. The van der Waals surface area contributed by atoms with E-state index in [2.05, 4.69) is 22.5 Å². The maximum atomic E-state index is 4.37. The Hall–Kier alpha value is -1.09. The highest BCUT2D eigenvalue weighted by atomic mass is 15.0. The normalized spacial score (nSPS) is 12.5. The van der Waals surface area contributed by atoms with Crippen LogP contribution in [0.1, 0.15) is 12.6 Å². The van der Waals surface area contributed by atoms with Crippen molar-refractivity contribution in [1.29, 1.82) is 0 Å². The predicted octanol–water partition coefficient (Wildman–Crippen LogP) is 1.66. The maximum absolute atomic E-state index is 4.37. The Morgan fingerprint density at radius 1 is 1.36 bits per heavy atom. The SMILES string of the molecule is CNCC(C)CNc1cccc(C)n1. The smallest absolute Gasteiger partial charge is 0.126 e. The predicted molar refractivity (Wildman–Crippen MR) is 60.6 cm³/mol. The molecule has 0 radical (unpaired) electrons. The minimum atomic E-state index is 0.613. The summed E-state index contributed by atoms with van der Waals surface area (Å²) >= 11 is 0. The second-order valence-corrected chi connectivity index (χ2v) is 3.71. The number of rotatable bonds is 5. The molecule has 1 atom stereocenters. The van der Waals surface area contributed by atoms with Gasteiger partial charge in [0.1, 0.15) is 5.82 Å². The van der Waals surface area contributed by atoms with Gasteiger partial charge >= 0.3 is 0 Å². The van der Waals surface area contributed by atoms with Crippen molar-refractivity contribution in [2.45, 2.75) is 13.8 Å². The van der Waals surface area contributed by atoms with E-state index in [1.165, 1.54) is 0 Å². The lowest BCUT2D eigenvalue weighted by Gasteiger charge is -2.12. The molecule has 3 nitrogen and oxygen atoms in total. The molecular formula is C11H19N3. The van der Waals surface area contributed by atoms with Gasteiger partial charge in [-0.1, -0.05) is 13.0 Å². The Morgan fingerprint density at radius 2 is 2.14 bits per heavy atom. The third kappa shape index (κ3) is 3.75. The fourth-order valence-electron chi connectivity index (χ4n) is 1.34. The summed E-state index contributed by atoms with van der Waals surface area (Å²) in [7, 11) is 1.97. The highest BCUT2D eigenvalue weighted by Gasteiger charge is 2.00. The van der Waals surface area contributed by atoms with Gasteiger partial charge in [0.2, 0.25) is 0 Å². The molecule has 0 aliphatic heterocycles. The maximum Gasteiger partial charge on any atom is 0.126 e. The van der Waals surface area contributed by atoms with E-state index in [0.29, 0.717) is 5.92 Å². The van der Waals surface area contributed by atoms with Crippen molar-refractivity contribution in [3.63, 3.8) is 0 Å². The van der Waals surface area contributed by atoms with Gasteiger partial charge in [0.15, 0.2) is 0 Å². The van der Waals surface area contributed by atoms with Crippen LogP contribution >= 0.6 is 0 Å². The van der Waals surface area contributed by atoms with Gasteiger partial charge in [0.25, 0.3) is 0 Å². The van der Waals surface area contributed by atoms with Gasteiger partial charge in [-0.05, 0) is 38.6 Å². The van der Waals surface area contributed by atoms with Crippen LogP contribution < -0.4 is 10.6 Å². The molecule has 0 spiro atoms. The van der Waals surface area contributed by atoms with E-state index in [1.807, 2.05) is 32.2 Å². The molecule has 0 saturated heterocycles. The van der Waals surface area contributed by atoms with Gasteiger partial charge in [0, 0.05) is 12.2 Å². The first-order chi connectivity index (χ1) is 6.72. The molecule has 1 aromatic rings. The molecule has 0 saturated carbocycles. The van der Waals surface area contributed by atoms with Crippen LogP contribution in [-0.2, 0) is 0 Å². The average Bonchev–Trinajstić information content (AvgIpc) is 2.15. The minimum absolute atomic E-state index is 0.613. The zero-order chi connectivity index (χ0) is 10.4. The van der Waals surface area contributed by atoms with Crippen LogP contribution in [0.25, 0.3) is 0 Å². The van der Waals surface area contributed by atoms with Crippen LogP contribution in [0, 0.1) is 12.8 Å². The van der Waals surface area contributed by atoms with Gasteiger partial charge in [-0.2, -0.15) is 0 Å². The van der Waals surface area contributed by atoms with E-state index >= 15 is 0 Å². The Labute approximate surface area is 85.9 Å². The summed E-state index contributed by atoms with van der Waals surface area (Å²) in [5.41, 5.74) is 1.05. The van der Waals surface area contributed by atoms with Crippen LogP contribution in [0.15, 0.2) is 18.2 Å². The third-order valence-electron chi connectivity index (χ3n) is 2.07. The summed E-state index contributed by atoms with van der Waals surface area (Å²) < 4.78 is 0. The number of anilines is 1. The first-order valence-electron chi connectivity index (χ1n) is 5.04. The molecule has 1 heterocycles. The van der Waals surface area contributed by atoms with Crippen LogP contribution in [0.3, 0.4) is 0 Å². The molecular weight excluding hydrogens is 174 g/mol. The molecule has 0 aliphatic rings. The lowest BCUT2D eigenvalue weighted by atomic mass is 10.2. The fourth-order valence-corrected chi connectivity index (χ4v) is 1.34. The number of hydrogen-bond acceptors (Lipinski definition) is 3. The molecule has 0 aromatic carbocycles. The molecule has 0 amide bonds. The van der Waals surface area contributed by atoms with Crippen molar-refractivity contribution in [3.8, 4) is 0 Å². The first-order valence-corrected chi connectivity index (χ1v) is 5.04. The van der Waals surface area contributed by atoms with Crippen LogP contribution in [-0.4, -0.2) is 25.1 Å². The molecule has 0 bridgehead atoms. The second-order valence-electron chi connectivity index (χ2n) is 3.71.